The third-order valence-corrected chi connectivity index (χ3v) is 6.13. The number of hydrogen-bond acceptors (Lipinski definition) is 7. The zero-order valence-corrected chi connectivity index (χ0v) is 19.1. The van der Waals surface area contributed by atoms with Crippen molar-refractivity contribution >= 4 is 17.6 Å². The van der Waals surface area contributed by atoms with Crippen molar-refractivity contribution in [3.8, 4) is 0 Å². The first-order chi connectivity index (χ1) is 16.6. The molecule has 1 saturated heterocycles. The van der Waals surface area contributed by atoms with Gasteiger partial charge in [0.2, 0.25) is 5.82 Å². The fourth-order valence-corrected chi connectivity index (χ4v) is 4.28. The van der Waals surface area contributed by atoms with Gasteiger partial charge in [0.15, 0.2) is 0 Å². The Bertz CT molecular complexity index is 1150. The Hall–Kier alpha value is -3.57. The molecule has 2 aliphatic rings. The Morgan fingerprint density at radius 1 is 1.12 bits per heavy atom. The fourth-order valence-electron chi connectivity index (χ4n) is 4.28. The maximum Gasteiger partial charge on any atom is 0.291 e. The van der Waals surface area contributed by atoms with Gasteiger partial charge in [0.25, 0.3) is 11.8 Å². The van der Waals surface area contributed by atoms with Crippen LogP contribution in [0.15, 0.2) is 42.7 Å². The molecule has 0 radical (unpaired) electrons. The van der Waals surface area contributed by atoms with Crippen LogP contribution < -0.4 is 10.2 Å². The molecular formula is C23H28N8O3. The molecule has 5 rings (SSSR count). The zero-order valence-electron chi connectivity index (χ0n) is 19.1. The van der Waals surface area contributed by atoms with E-state index in [1.807, 2.05) is 41.1 Å². The Kier molecular flexibility index (Phi) is 6.37. The van der Waals surface area contributed by atoms with E-state index in [0.717, 1.165) is 49.9 Å². The summed E-state index contributed by atoms with van der Waals surface area (Å²) in [5.74, 6) is 0.121. The number of rotatable bonds is 6. The molecule has 1 fully saturated rings. The lowest BCUT2D eigenvalue weighted by Gasteiger charge is -2.25. The molecule has 0 aliphatic carbocycles. The Labute approximate surface area is 197 Å². The molecule has 0 bridgehead atoms. The summed E-state index contributed by atoms with van der Waals surface area (Å²) in [6, 6.07) is 11.1. The van der Waals surface area contributed by atoms with Crippen LogP contribution in [0.1, 0.15) is 28.3 Å². The van der Waals surface area contributed by atoms with Crippen LogP contribution in [0.4, 0.5) is 5.82 Å². The van der Waals surface area contributed by atoms with Crippen LogP contribution in [-0.2, 0) is 29.2 Å². The van der Waals surface area contributed by atoms with E-state index in [0.29, 0.717) is 19.5 Å². The lowest BCUT2D eigenvalue weighted by atomic mass is 10.2. The number of likely N-dealkylation sites (N-methyl/N-ethyl adjacent to an activating group) is 1. The highest BCUT2D eigenvalue weighted by Gasteiger charge is 2.31. The third kappa shape index (κ3) is 4.85. The summed E-state index contributed by atoms with van der Waals surface area (Å²) in [5.41, 5.74) is 1.98. The second kappa shape index (κ2) is 9.74. The maximum absolute atomic E-state index is 13.1. The molecule has 1 atom stereocenters. The number of benzene rings is 1. The van der Waals surface area contributed by atoms with E-state index in [4.69, 9.17) is 9.84 Å². The molecule has 1 unspecified atom stereocenters. The summed E-state index contributed by atoms with van der Waals surface area (Å²) < 4.78 is 8.85. The van der Waals surface area contributed by atoms with Crippen molar-refractivity contribution in [1.82, 2.24) is 34.8 Å². The predicted molar refractivity (Wildman–Crippen MR) is 123 cm³/mol. The molecule has 178 valence electrons. The normalized spacial score (nSPS) is 19.0. The topological polar surface area (TPSA) is 110 Å². The van der Waals surface area contributed by atoms with Gasteiger partial charge in [-0.05, 0) is 12.0 Å². The van der Waals surface area contributed by atoms with Gasteiger partial charge < -0.3 is 10.1 Å². The number of nitrogens with zero attached hydrogens (tertiary/aromatic N) is 7. The van der Waals surface area contributed by atoms with Crippen molar-refractivity contribution in [2.75, 3.05) is 38.3 Å². The lowest BCUT2D eigenvalue weighted by molar-refractivity contribution is -0.120. The summed E-state index contributed by atoms with van der Waals surface area (Å²) in [6.45, 7) is 4.97. The second-order valence-corrected chi connectivity index (χ2v) is 8.57. The van der Waals surface area contributed by atoms with Crippen molar-refractivity contribution in [3.05, 3.63) is 59.8 Å². The highest BCUT2D eigenvalue weighted by atomic mass is 16.5. The number of carbonyl (C=O) groups excluding carboxylic acids is 2. The predicted octanol–water partition coefficient (Wildman–Crippen LogP) is 0.520. The van der Waals surface area contributed by atoms with Crippen LogP contribution in [0.3, 0.4) is 0 Å². The summed E-state index contributed by atoms with van der Waals surface area (Å²) in [4.78, 5) is 33.9. The van der Waals surface area contributed by atoms with Gasteiger partial charge in [0, 0.05) is 39.3 Å². The van der Waals surface area contributed by atoms with E-state index < -0.39 is 11.9 Å². The van der Waals surface area contributed by atoms with Crippen LogP contribution in [0, 0.1) is 0 Å². The highest BCUT2D eigenvalue weighted by Crippen LogP contribution is 2.22. The van der Waals surface area contributed by atoms with Gasteiger partial charge in [0.1, 0.15) is 18.2 Å². The number of fused-ring (bicyclic) bond motifs is 1. The first-order valence-corrected chi connectivity index (χ1v) is 11.5. The number of hydrogen-bond donors (Lipinski definition) is 1. The SMILES string of the molecule is CN1C(=O)C(NC(=O)c2ncn(Cc3ccccc3)n2)CCn2nc(CN3CCOCC3)cc21. The van der Waals surface area contributed by atoms with Crippen molar-refractivity contribution in [3.63, 3.8) is 0 Å². The second-order valence-electron chi connectivity index (χ2n) is 8.57. The minimum Gasteiger partial charge on any atom is -0.379 e. The van der Waals surface area contributed by atoms with E-state index >= 15 is 0 Å². The van der Waals surface area contributed by atoms with Crippen LogP contribution >= 0.6 is 0 Å². The summed E-state index contributed by atoms with van der Waals surface area (Å²) in [6.07, 6.45) is 1.96. The van der Waals surface area contributed by atoms with E-state index in [2.05, 4.69) is 20.3 Å². The van der Waals surface area contributed by atoms with Crippen LogP contribution in [0.2, 0.25) is 0 Å². The molecular weight excluding hydrogens is 436 g/mol. The third-order valence-electron chi connectivity index (χ3n) is 6.13. The first-order valence-electron chi connectivity index (χ1n) is 11.5. The van der Waals surface area contributed by atoms with Gasteiger partial charge >= 0.3 is 0 Å². The molecule has 2 aliphatic heterocycles. The van der Waals surface area contributed by atoms with Gasteiger partial charge in [-0.25, -0.2) is 14.3 Å². The van der Waals surface area contributed by atoms with E-state index in [1.165, 1.54) is 6.33 Å². The smallest absolute Gasteiger partial charge is 0.291 e. The number of anilines is 1. The minimum atomic E-state index is -0.678. The number of amides is 2. The average molecular weight is 465 g/mol. The van der Waals surface area contributed by atoms with Crippen molar-refractivity contribution in [2.24, 2.45) is 0 Å². The number of nitrogens with one attached hydrogen (secondary N) is 1. The van der Waals surface area contributed by atoms with E-state index in [1.54, 1.807) is 16.6 Å². The molecule has 2 aromatic heterocycles. The molecule has 0 spiro atoms. The van der Waals surface area contributed by atoms with Gasteiger partial charge in [-0.2, -0.15) is 5.10 Å². The van der Waals surface area contributed by atoms with Gasteiger partial charge in [-0.1, -0.05) is 30.3 Å². The quantitative estimate of drug-likeness (QED) is 0.566. The van der Waals surface area contributed by atoms with Crippen LogP contribution in [-0.4, -0.2) is 80.7 Å². The standard InChI is InChI=1S/C23H28N8O3/c1-28-20-13-18(15-29-9-11-34-12-10-29)26-31(20)8-7-19(23(28)33)25-22(32)21-24-16-30(27-21)14-17-5-3-2-4-6-17/h2-6,13,16,19H,7-12,14-15H2,1H3,(H,25,32). The molecule has 3 aromatic rings. The molecule has 2 amide bonds. The monoisotopic (exact) mass is 464 g/mol. The Morgan fingerprint density at radius 3 is 2.71 bits per heavy atom. The number of morpholine rings is 1. The Balaban J connectivity index is 1.22. The summed E-state index contributed by atoms with van der Waals surface area (Å²) >= 11 is 0. The summed E-state index contributed by atoms with van der Waals surface area (Å²) in [7, 11) is 1.71. The van der Waals surface area contributed by atoms with Gasteiger partial charge in [0.05, 0.1) is 25.5 Å². The van der Waals surface area contributed by atoms with Crippen LogP contribution in [0.5, 0.6) is 0 Å². The molecule has 1 aromatic carbocycles. The fraction of sp³-hybridized carbons (Fsp3) is 0.435. The number of ether oxygens (including phenoxy) is 1. The van der Waals surface area contributed by atoms with E-state index in [9.17, 15) is 9.59 Å². The maximum atomic E-state index is 13.1. The molecule has 11 nitrogen and oxygen atoms in total. The number of aromatic nitrogens is 5. The van der Waals surface area contributed by atoms with Gasteiger partial charge in [-0.3, -0.25) is 19.4 Å². The molecule has 0 saturated carbocycles. The Morgan fingerprint density at radius 2 is 1.91 bits per heavy atom. The number of carbonyl (C=O) groups is 2. The average Bonchev–Trinajstić information content (AvgIpc) is 3.47. The van der Waals surface area contributed by atoms with Crippen LogP contribution in [0.25, 0.3) is 0 Å². The summed E-state index contributed by atoms with van der Waals surface area (Å²) in [5, 5.41) is 11.8. The molecule has 4 heterocycles. The number of aryl methyl sites for hydroxylation is 1. The van der Waals surface area contributed by atoms with Crippen molar-refractivity contribution < 1.29 is 14.3 Å². The lowest BCUT2D eigenvalue weighted by Crippen LogP contribution is -2.47. The molecule has 34 heavy (non-hydrogen) atoms. The van der Waals surface area contributed by atoms with Crippen molar-refractivity contribution in [2.45, 2.75) is 32.1 Å². The van der Waals surface area contributed by atoms with Gasteiger partial charge in [-0.15, -0.1) is 5.10 Å². The largest absolute Gasteiger partial charge is 0.379 e. The van der Waals surface area contributed by atoms with Crippen molar-refractivity contribution in [1.29, 1.82) is 0 Å². The minimum absolute atomic E-state index is 0.0427. The molecule has 1 N–H and O–H groups in total. The zero-order chi connectivity index (χ0) is 23.5. The molecule has 11 heteroatoms. The highest BCUT2D eigenvalue weighted by molar-refractivity contribution is 6.00. The first kappa shape index (κ1) is 22.2. The van der Waals surface area contributed by atoms with E-state index in [-0.39, 0.29) is 11.7 Å².